The number of fused-ring (bicyclic) bond motifs is 1. The molecule has 0 heterocycles. The summed E-state index contributed by atoms with van der Waals surface area (Å²) in [5, 5.41) is 8.78. The summed E-state index contributed by atoms with van der Waals surface area (Å²) in [4.78, 5) is 0. The predicted molar refractivity (Wildman–Crippen MR) is 36.9 cm³/mol. The van der Waals surface area contributed by atoms with Gasteiger partial charge in [0.2, 0.25) is 0 Å². The average molecular weight is 133 g/mol. The Morgan fingerprint density at radius 2 is 1.80 bits per heavy atom. The van der Waals surface area contributed by atoms with E-state index in [0.29, 0.717) is 5.92 Å². The third kappa shape index (κ3) is 0.417. The topological polar surface area (TPSA) is 23.8 Å². The van der Waals surface area contributed by atoms with Gasteiger partial charge in [-0.2, -0.15) is 5.26 Å². The van der Waals surface area contributed by atoms with Gasteiger partial charge >= 0.3 is 0 Å². The van der Waals surface area contributed by atoms with Crippen molar-refractivity contribution in [2.24, 2.45) is 29.6 Å². The summed E-state index contributed by atoms with van der Waals surface area (Å²) in [6, 6.07) is 2.46. The van der Waals surface area contributed by atoms with Crippen LogP contribution in [0.3, 0.4) is 0 Å². The van der Waals surface area contributed by atoms with Gasteiger partial charge < -0.3 is 0 Å². The SMILES string of the molecule is N#CC1CC2CC3C(C2)C13. The molecule has 52 valence electrons. The van der Waals surface area contributed by atoms with Crippen molar-refractivity contribution in [3.05, 3.63) is 0 Å². The van der Waals surface area contributed by atoms with Gasteiger partial charge in [-0.25, -0.2) is 0 Å². The molecule has 10 heavy (non-hydrogen) atoms. The van der Waals surface area contributed by atoms with Crippen molar-refractivity contribution in [2.45, 2.75) is 19.3 Å². The van der Waals surface area contributed by atoms with Crippen molar-refractivity contribution in [2.75, 3.05) is 0 Å². The first-order chi connectivity index (χ1) is 4.90. The van der Waals surface area contributed by atoms with Gasteiger partial charge in [0.1, 0.15) is 0 Å². The molecule has 0 aromatic rings. The van der Waals surface area contributed by atoms with E-state index >= 15 is 0 Å². The Morgan fingerprint density at radius 1 is 1.10 bits per heavy atom. The molecule has 3 atom stereocenters. The molecule has 0 saturated heterocycles. The van der Waals surface area contributed by atoms with Crippen LogP contribution in [0, 0.1) is 40.9 Å². The van der Waals surface area contributed by atoms with Crippen LogP contribution in [0.15, 0.2) is 0 Å². The number of rotatable bonds is 0. The summed E-state index contributed by atoms with van der Waals surface area (Å²) in [6.07, 6.45) is 4.16. The van der Waals surface area contributed by atoms with Gasteiger partial charge in [0.25, 0.3) is 0 Å². The molecule has 0 amide bonds. The smallest absolute Gasteiger partial charge is 0.0659 e. The van der Waals surface area contributed by atoms with Crippen LogP contribution in [0.5, 0.6) is 0 Å². The van der Waals surface area contributed by atoms with E-state index < -0.39 is 0 Å². The van der Waals surface area contributed by atoms with Crippen LogP contribution in [-0.2, 0) is 0 Å². The van der Waals surface area contributed by atoms with Crippen molar-refractivity contribution in [1.82, 2.24) is 0 Å². The van der Waals surface area contributed by atoms with E-state index in [1.54, 1.807) is 0 Å². The Kier molecular flexibility index (Phi) is 0.722. The largest absolute Gasteiger partial charge is 0.198 e. The van der Waals surface area contributed by atoms with Crippen molar-refractivity contribution in [1.29, 1.82) is 5.26 Å². The van der Waals surface area contributed by atoms with E-state index in [9.17, 15) is 0 Å². The van der Waals surface area contributed by atoms with Crippen molar-refractivity contribution in [3.63, 3.8) is 0 Å². The summed E-state index contributed by atoms with van der Waals surface area (Å²) in [5.74, 6) is 4.27. The molecule has 0 aliphatic heterocycles. The van der Waals surface area contributed by atoms with E-state index in [-0.39, 0.29) is 0 Å². The first-order valence-corrected chi connectivity index (χ1v) is 4.30. The normalized spacial score (nSPS) is 61.7. The Morgan fingerprint density at radius 3 is 2.20 bits per heavy atom. The van der Waals surface area contributed by atoms with Crippen LogP contribution in [0.4, 0.5) is 0 Å². The van der Waals surface area contributed by atoms with Gasteiger partial charge in [-0.05, 0) is 42.9 Å². The molecule has 1 heteroatoms. The molecule has 0 N–H and O–H groups in total. The quantitative estimate of drug-likeness (QED) is 0.494. The molecule has 4 saturated carbocycles. The van der Waals surface area contributed by atoms with E-state index in [0.717, 1.165) is 23.7 Å². The fraction of sp³-hybridized carbons (Fsp3) is 0.889. The predicted octanol–water partition coefficient (Wildman–Crippen LogP) is 1.80. The second kappa shape index (κ2) is 1.39. The van der Waals surface area contributed by atoms with Gasteiger partial charge in [0, 0.05) is 5.92 Å². The minimum atomic E-state index is 0.461. The lowest BCUT2D eigenvalue weighted by atomic mass is 9.78. The Labute approximate surface area is 61.0 Å². The zero-order valence-electron chi connectivity index (χ0n) is 5.96. The Hall–Kier alpha value is -0.510. The first kappa shape index (κ1) is 5.18. The second-order valence-corrected chi connectivity index (χ2v) is 4.21. The van der Waals surface area contributed by atoms with E-state index in [2.05, 4.69) is 6.07 Å². The van der Waals surface area contributed by atoms with Crippen molar-refractivity contribution < 1.29 is 0 Å². The standard InChI is InChI=1S/C9H11N/c10-4-6-1-5-2-7-8(3-5)9(6)7/h5-9H,1-3H2. The minimum absolute atomic E-state index is 0.461. The van der Waals surface area contributed by atoms with Gasteiger partial charge in [0.05, 0.1) is 6.07 Å². The lowest BCUT2D eigenvalue weighted by molar-refractivity contribution is 0.262. The second-order valence-electron chi connectivity index (χ2n) is 4.21. The molecule has 0 spiro atoms. The lowest BCUT2D eigenvalue weighted by Crippen LogP contribution is -2.19. The fourth-order valence-corrected chi connectivity index (χ4v) is 3.45. The molecule has 0 aromatic carbocycles. The first-order valence-electron chi connectivity index (χ1n) is 4.30. The highest BCUT2D eigenvalue weighted by Crippen LogP contribution is 2.68. The zero-order chi connectivity index (χ0) is 6.72. The van der Waals surface area contributed by atoms with Gasteiger partial charge in [-0.3, -0.25) is 0 Å². The third-order valence-corrected chi connectivity index (χ3v) is 3.83. The number of hydrogen-bond donors (Lipinski definition) is 0. The highest BCUT2D eigenvalue weighted by Gasteiger charge is 2.63. The van der Waals surface area contributed by atoms with Gasteiger partial charge in [-0.1, -0.05) is 0 Å². The molecular formula is C9H11N. The zero-order valence-corrected chi connectivity index (χ0v) is 5.96. The molecule has 4 fully saturated rings. The Balaban J connectivity index is 1.92. The maximum atomic E-state index is 8.78. The Bertz CT molecular complexity index is 203. The third-order valence-electron chi connectivity index (χ3n) is 3.83. The van der Waals surface area contributed by atoms with Gasteiger partial charge in [-0.15, -0.1) is 0 Å². The molecule has 4 aliphatic rings. The highest BCUT2D eigenvalue weighted by molar-refractivity contribution is 5.15. The number of nitrogens with zero attached hydrogens (tertiary/aromatic N) is 1. The van der Waals surface area contributed by atoms with Crippen molar-refractivity contribution >= 4 is 0 Å². The monoisotopic (exact) mass is 133 g/mol. The van der Waals surface area contributed by atoms with Crippen LogP contribution in [0.2, 0.25) is 0 Å². The lowest BCUT2D eigenvalue weighted by Gasteiger charge is -2.25. The van der Waals surface area contributed by atoms with Crippen LogP contribution < -0.4 is 0 Å². The van der Waals surface area contributed by atoms with Crippen LogP contribution >= 0.6 is 0 Å². The summed E-state index contributed by atoms with van der Waals surface area (Å²) in [5.41, 5.74) is 0. The summed E-state index contributed by atoms with van der Waals surface area (Å²) < 4.78 is 0. The van der Waals surface area contributed by atoms with E-state index in [4.69, 9.17) is 5.26 Å². The molecule has 3 unspecified atom stereocenters. The maximum Gasteiger partial charge on any atom is 0.0659 e. The maximum absolute atomic E-state index is 8.78. The van der Waals surface area contributed by atoms with Crippen molar-refractivity contribution in [3.8, 4) is 6.07 Å². The van der Waals surface area contributed by atoms with Gasteiger partial charge in [0.15, 0.2) is 0 Å². The molecule has 4 rings (SSSR count). The molecular weight excluding hydrogens is 122 g/mol. The summed E-state index contributed by atoms with van der Waals surface area (Å²) >= 11 is 0. The molecule has 1 nitrogen and oxygen atoms in total. The molecule has 4 aliphatic carbocycles. The van der Waals surface area contributed by atoms with Crippen LogP contribution in [-0.4, -0.2) is 0 Å². The fourth-order valence-electron chi connectivity index (χ4n) is 3.45. The van der Waals surface area contributed by atoms with E-state index in [1.165, 1.54) is 19.3 Å². The highest BCUT2D eigenvalue weighted by atomic mass is 14.7. The van der Waals surface area contributed by atoms with Crippen LogP contribution in [0.25, 0.3) is 0 Å². The minimum Gasteiger partial charge on any atom is -0.198 e. The number of nitriles is 1. The molecule has 4 bridgehead atoms. The van der Waals surface area contributed by atoms with Crippen LogP contribution in [0.1, 0.15) is 19.3 Å². The average Bonchev–Trinajstić information content (AvgIpc) is 2.55. The summed E-state index contributed by atoms with van der Waals surface area (Å²) in [6.45, 7) is 0. The van der Waals surface area contributed by atoms with E-state index in [1.807, 2.05) is 0 Å². The number of hydrogen-bond acceptors (Lipinski definition) is 1. The summed E-state index contributed by atoms with van der Waals surface area (Å²) in [7, 11) is 0. The molecule has 0 radical (unpaired) electrons. The molecule has 0 aromatic heterocycles.